The van der Waals surface area contributed by atoms with Gasteiger partial charge in [0.2, 0.25) is 0 Å². The molecule has 2 aromatic carbocycles. The normalized spacial score (nSPS) is 20.6. The maximum Gasteiger partial charge on any atom is 0.274 e. The van der Waals surface area contributed by atoms with Crippen molar-refractivity contribution in [2.45, 2.75) is 51.2 Å². The molecule has 0 radical (unpaired) electrons. The molecule has 212 valence electrons. The predicted octanol–water partition coefficient (Wildman–Crippen LogP) is 4.48. The van der Waals surface area contributed by atoms with E-state index in [-0.39, 0.29) is 42.5 Å². The fourth-order valence-electron chi connectivity index (χ4n) is 5.66. The molecule has 0 N–H and O–H groups in total. The number of hydrogen-bond donors (Lipinski definition) is 0. The molecule has 1 atom stereocenters. The predicted molar refractivity (Wildman–Crippen MR) is 150 cm³/mol. The molecule has 1 fully saturated rings. The standard InChI is InChI=1S/C31H37FN4O4/c1-22(2)36-17-18-39-28-10-5-4-8-24(28)9-6-7-15-31(30(36)38)21-35(16-19-40-31)29(37)26-20-27(34(3)33-26)23-11-13-25(32)14-12-23/h4-5,8,10-14,20,22H,6-7,9,15-19,21H2,1-3H3. The fourth-order valence-corrected chi connectivity index (χ4v) is 5.66. The summed E-state index contributed by atoms with van der Waals surface area (Å²) in [6, 6.07) is 15.8. The van der Waals surface area contributed by atoms with Crippen molar-refractivity contribution in [2.24, 2.45) is 7.05 Å². The van der Waals surface area contributed by atoms with Crippen LogP contribution in [-0.2, 0) is 23.0 Å². The van der Waals surface area contributed by atoms with E-state index < -0.39 is 5.60 Å². The summed E-state index contributed by atoms with van der Waals surface area (Å²) in [4.78, 5) is 31.4. The number of ether oxygens (including phenoxy) is 2. The van der Waals surface area contributed by atoms with Gasteiger partial charge in [0.15, 0.2) is 11.3 Å². The van der Waals surface area contributed by atoms with Crippen LogP contribution in [0.3, 0.4) is 0 Å². The van der Waals surface area contributed by atoms with E-state index in [0.717, 1.165) is 36.1 Å². The van der Waals surface area contributed by atoms with Crippen LogP contribution in [0.4, 0.5) is 4.39 Å². The highest BCUT2D eigenvalue weighted by atomic mass is 19.1. The first kappa shape index (κ1) is 27.8. The summed E-state index contributed by atoms with van der Waals surface area (Å²) in [7, 11) is 1.76. The van der Waals surface area contributed by atoms with Gasteiger partial charge in [-0.25, -0.2) is 4.39 Å². The summed E-state index contributed by atoms with van der Waals surface area (Å²) in [5.41, 5.74) is 1.78. The van der Waals surface area contributed by atoms with Gasteiger partial charge in [-0.3, -0.25) is 14.3 Å². The van der Waals surface area contributed by atoms with Crippen molar-refractivity contribution in [3.05, 3.63) is 71.7 Å². The van der Waals surface area contributed by atoms with Gasteiger partial charge in [-0.05, 0) is 87.1 Å². The first-order valence-electron chi connectivity index (χ1n) is 14.0. The maximum atomic E-state index is 14.2. The Bertz CT molecular complexity index is 1360. The molecule has 0 bridgehead atoms. The molecule has 2 aliphatic rings. The van der Waals surface area contributed by atoms with Crippen LogP contribution in [0.15, 0.2) is 54.6 Å². The summed E-state index contributed by atoms with van der Waals surface area (Å²) >= 11 is 0. The molecule has 0 aliphatic carbocycles. The van der Waals surface area contributed by atoms with E-state index in [1.54, 1.807) is 34.8 Å². The lowest BCUT2D eigenvalue weighted by Gasteiger charge is -2.45. The Labute approximate surface area is 234 Å². The van der Waals surface area contributed by atoms with E-state index in [4.69, 9.17) is 9.47 Å². The number of rotatable bonds is 3. The molecular weight excluding hydrogens is 511 g/mol. The second kappa shape index (κ2) is 11.8. The van der Waals surface area contributed by atoms with Crippen molar-refractivity contribution < 1.29 is 23.5 Å². The van der Waals surface area contributed by atoms with Gasteiger partial charge >= 0.3 is 0 Å². The minimum Gasteiger partial charge on any atom is -0.491 e. The minimum absolute atomic E-state index is 0.0603. The monoisotopic (exact) mass is 548 g/mol. The summed E-state index contributed by atoms with van der Waals surface area (Å²) < 4.78 is 27.5. The van der Waals surface area contributed by atoms with E-state index in [9.17, 15) is 14.0 Å². The highest BCUT2D eigenvalue weighted by Gasteiger charge is 2.47. The number of aromatic nitrogens is 2. The number of aryl methyl sites for hydroxylation is 2. The molecule has 3 heterocycles. The van der Waals surface area contributed by atoms with E-state index in [1.807, 2.05) is 36.9 Å². The van der Waals surface area contributed by atoms with Gasteiger partial charge in [0.05, 0.1) is 25.4 Å². The second-order valence-corrected chi connectivity index (χ2v) is 10.9. The number of amides is 2. The van der Waals surface area contributed by atoms with Crippen molar-refractivity contribution in [1.82, 2.24) is 19.6 Å². The Morgan fingerprint density at radius 1 is 1.05 bits per heavy atom. The van der Waals surface area contributed by atoms with Gasteiger partial charge in [0.1, 0.15) is 18.2 Å². The fraction of sp³-hybridized carbons (Fsp3) is 0.452. The molecule has 2 aliphatic heterocycles. The maximum absolute atomic E-state index is 14.2. The third kappa shape index (κ3) is 5.75. The summed E-state index contributed by atoms with van der Waals surface area (Å²) in [6.07, 6.45) is 3.00. The molecule has 9 heteroatoms. The van der Waals surface area contributed by atoms with Crippen LogP contribution >= 0.6 is 0 Å². The van der Waals surface area contributed by atoms with Crippen LogP contribution in [0.2, 0.25) is 0 Å². The van der Waals surface area contributed by atoms with Gasteiger partial charge in [-0.1, -0.05) is 18.2 Å². The molecule has 8 nitrogen and oxygen atoms in total. The lowest BCUT2D eigenvalue weighted by atomic mass is 9.90. The van der Waals surface area contributed by atoms with Crippen molar-refractivity contribution >= 4 is 11.8 Å². The molecule has 1 spiro atoms. The number of para-hydroxylation sites is 1. The van der Waals surface area contributed by atoms with Crippen LogP contribution in [0, 0.1) is 5.82 Å². The zero-order valence-electron chi connectivity index (χ0n) is 23.4. The van der Waals surface area contributed by atoms with Crippen LogP contribution in [0.5, 0.6) is 5.75 Å². The lowest BCUT2D eigenvalue weighted by Crippen LogP contribution is -2.63. The summed E-state index contributed by atoms with van der Waals surface area (Å²) in [5.74, 6) is 0.188. The van der Waals surface area contributed by atoms with E-state index >= 15 is 0 Å². The van der Waals surface area contributed by atoms with E-state index in [0.29, 0.717) is 31.8 Å². The number of hydrogen-bond acceptors (Lipinski definition) is 5. The van der Waals surface area contributed by atoms with Gasteiger partial charge in [-0.2, -0.15) is 5.10 Å². The quantitative estimate of drug-likeness (QED) is 0.483. The van der Waals surface area contributed by atoms with Gasteiger partial charge in [0, 0.05) is 19.6 Å². The number of morpholine rings is 1. The first-order chi connectivity index (χ1) is 19.3. The SMILES string of the molecule is CC(C)N1CCOc2ccccc2CCCCC2(CN(C(=O)c3cc(-c4ccc(F)cc4)n(C)n3)CCO2)C1=O. The number of halogens is 1. The number of fused-ring (bicyclic) bond motifs is 1. The second-order valence-electron chi connectivity index (χ2n) is 10.9. The smallest absolute Gasteiger partial charge is 0.274 e. The Morgan fingerprint density at radius 3 is 2.60 bits per heavy atom. The minimum atomic E-state index is -1.13. The Hall–Kier alpha value is -3.72. The number of carbonyl (C=O) groups excluding carboxylic acids is 2. The largest absolute Gasteiger partial charge is 0.491 e. The number of nitrogens with zero attached hydrogens (tertiary/aromatic N) is 4. The number of benzene rings is 2. The molecule has 1 unspecified atom stereocenters. The Kier molecular flexibility index (Phi) is 8.21. The number of carbonyl (C=O) groups is 2. The zero-order valence-corrected chi connectivity index (χ0v) is 23.4. The Balaban J connectivity index is 1.39. The van der Waals surface area contributed by atoms with Crippen molar-refractivity contribution in [2.75, 3.05) is 32.8 Å². The van der Waals surface area contributed by atoms with Crippen LogP contribution in [0.25, 0.3) is 11.3 Å². The average Bonchev–Trinajstić information content (AvgIpc) is 3.34. The molecule has 1 aromatic heterocycles. The molecule has 1 saturated heterocycles. The van der Waals surface area contributed by atoms with Crippen LogP contribution in [-0.4, -0.2) is 75.9 Å². The van der Waals surface area contributed by atoms with Gasteiger partial charge in [0.25, 0.3) is 11.8 Å². The molecule has 40 heavy (non-hydrogen) atoms. The van der Waals surface area contributed by atoms with Crippen molar-refractivity contribution in [3.8, 4) is 17.0 Å². The first-order valence-corrected chi connectivity index (χ1v) is 14.0. The van der Waals surface area contributed by atoms with Gasteiger partial charge < -0.3 is 19.3 Å². The molecule has 0 saturated carbocycles. The van der Waals surface area contributed by atoms with Gasteiger partial charge in [-0.15, -0.1) is 0 Å². The van der Waals surface area contributed by atoms with E-state index in [2.05, 4.69) is 11.2 Å². The summed E-state index contributed by atoms with van der Waals surface area (Å²) in [5, 5.41) is 4.46. The molecule has 2 amide bonds. The van der Waals surface area contributed by atoms with Crippen molar-refractivity contribution in [3.63, 3.8) is 0 Å². The molecule has 5 rings (SSSR count). The van der Waals surface area contributed by atoms with Crippen LogP contribution < -0.4 is 4.74 Å². The topological polar surface area (TPSA) is 76.9 Å². The third-order valence-electron chi connectivity index (χ3n) is 7.83. The third-order valence-corrected chi connectivity index (χ3v) is 7.83. The summed E-state index contributed by atoms with van der Waals surface area (Å²) in [6.45, 7) is 5.57. The molecule has 3 aromatic rings. The Morgan fingerprint density at radius 2 is 1.82 bits per heavy atom. The highest BCUT2D eigenvalue weighted by Crippen LogP contribution is 2.31. The van der Waals surface area contributed by atoms with E-state index in [1.165, 1.54) is 12.1 Å². The highest BCUT2D eigenvalue weighted by molar-refractivity contribution is 5.95. The average molecular weight is 549 g/mol. The van der Waals surface area contributed by atoms with Crippen molar-refractivity contribution in [1.29, 1.82) is 0 Å². The molecular formula is C31H37FN4O4. The van der Waals surface area contributed by atoms with Crippen LogP contribution in [0.1, 0.15) is 49.2 Å². The zero-order chi connectivity index (χ0) is 28.3. The lowest BCUT2D eigenvalue weighted by molar-refractivity contribution is -0.172.